The first kappa shape index (κ1) is 24.0. The van der Waals surface area contributed by atoms with Crippen LogP contribution in [0, 0.1) is 69.8 Å². The van der Waals surface area contributed by atoms with Crippen LogP contribution in [0.25, 0.3) is 32.7 Å². The number of hydrogen-bond acceptors (Lipinski definition) is 3. The number of fused-ring (bicyclic) bond motifs is 7. The van der Waals surface area contributed by atoms with Crippen LogP contribution in [0.2, 0.25) is 0 Å². The fourth-order valence-corrected chi connectivity index (χ4v) is 4.42. The summed E-state index contributed by atoms with van der Waals surface area (Å²) in [7, 11) is 0. The molecule has 0 radical (unpaired) electrons. The van der Waals surface area contributed by atoms with Gasteiger partial charge in [0.2, 0.25) is 11.6 Å². The van der Waals surface area contributed by atoms with E-state index in [-0.39, 0.29) is 0 Å². The highest BCUT2D eigenvalue weighted by molar-refractivity contribution is 7.76. The van der Waals surface area contributed by atoms with Crippen LogP contribution in [0.4, 0.5) is 52.7 Å². The summed E-state index contributed by atoms with van der Waals surface area (Å²) < 4.78 is 194. The standard InChI is InChI=1S/C20F12O3S/c21-7-1-3-4-2-6(10(24)16(30)14(28)8(2)22)12(26)18(32)20(4)35-36(33)34-19(3)17(31)11(25)5(1)9(23)15(29)13(7)27. The van der Waals surface area contributed by atoms with Gasteiger partial charge in [-0.1, -0.05) is 0 Å². The van der Waals surface area contributed by atoms with Gasteiger partial charge >= 0.3 is 11.4 Å². The highest BCUT2D eigenvalue weighted by Crippen LogP contribution is 2.53. The molecule has 0 atom stereocenters. The Labute approximate surface area is 191 Å². The topological polar surface area (TPSA) is 35.5 Å². The molecule has 0 aromatic heterocycles. The largest absolute Gasteiger partial charge is 0.417 e. The highest BCUT2D eigenvalue weighted by atomic mass is 32.2. The first-order valence-corrected chi connectivity index (χ1v) is 9.93. The summed E-state index contributed by atoms with van der Waals surface area (Å²) in [5.74, 6) is -34.6. The van der Waals surface area contributed by atoms with Crippen molar-refractivity contribution in [2.75, 3.05) is 0 Å². The molecule has 4 aromatic carbocycles. The summed E-state index contributed by atoms with van der Waals surface area (Å²) >= 11 is -3.53. The molecule has 1 aliphatic heterocycles. The minimum absolute atomic E-state index is 1.73. The van der Waals surface area contributed by atoms with Crippen molar-refractivity contribution >= 4 is 32.9 Å². The van der Waals surface area contributed by atoms with Crippen molar-refractivity contribution in [3.05, 3.63) is 69.8 Å². The average molecular weight is 548 g/mol. The van der Waals surface area contributed by atoms with Gasteiger partial charge in [0.15, 0.2) is 69.7 Å². The zero-order valence-electron chi connectivity index (χ0n) is 16.2. The maximum atomic E-state index is 14.9. The SMILES string of the molecule is O=S1Oc2c(F)c(F)c3c(F)c(F)c(F)c(F)c3c2-c2c(c(F)c(F)c3c(F)c(F)c(F)c(F)c23)O1. The predicted octanol–water partition coefficient (Wildman–Crippen LogP) is 6.68. The molecule has 4 aromatic rings. The van der Waals surface area contributed by atoms with Gasteiger partial charge in [-0.25, -0.2) is 43.9 Å². The van der Waals surface area contributed by atoms with Crippen LogP contribution in [0.1, 0.15) is 0 Å². The van der Waals surface area contributed by atoms with Crippen LogP contribution in [0.15, 0.2) is 0 Å². The van der Waals surface area contributed by atoms with Gasteiger partial charge in [-0.15, -0.1) is 0 Å². The van der Waals surface area contributed by atoms with Crippen molar-refractivity contribution in [3.8, 4) is 22.6 Å². The molecule has 1 heterocycles. The van der Waals surface area contributed by atoms with Gasteiger partial charge in [-0.3, -0.25) is 0 Å². The number of halogens is 12. The van der Waals surface area contributed by atoms with Gasteiger partial charge in [0, 0.05) is 21.9 Å². The Kier molecular flexibility index (Phi) is 5.11. The molecule has 0 unspecified atom stereocenters. The van der Waals surface area contributed by atoms with E-state index in [1.165, 1.54) is 0 Å². The summed E-state index contributed by atoms with van der Waals surface area (Å²) in [6.07, 6.45) is 0. The van der Waals surface area contributed by atoms with Crippen molar-refractivity contribution in [1.82, 2.24) is 0 Å². The summed E-state index contributed by atoms with van der Waals surface area (Å²) in [5, 5.41) is -7.85. The number of benzene rings is 4. The lowest BCUT2D eigenvalue weighted by molar-refractivity contribution is 0.406. The number of hydrogen-bond donors (Lipinski definition) is 0. The minimum Gasteiger partial charge on any atom is -0.367 e. The Morgan fingerprint density at radius 3 is 0.917 bits per heavy atom. The molecule has 0 saturated heterocycles. The molecule has 188 valence electrons. The van der Waals surface area contributed by atoms with E-state index in [9.17, 15) is 56.9 Å². The zero-order chi connectivity index (χ0) is 26.5. The number of rotatable bonds is 0. The second-order valence-corrected chi connectivity index (χ2v) is 7.79. The van der Waals surface area contributed by atoms with E-state index >= 15 is 0 Å². The monoisotopic (exact) mass is 548 g/mol. The van der Waals surface area contributed by atoms with Crippen LogP contribution < -0.4 is 8.37 Å². The fraction of sp³-hybridized carbons (Fsp3) is 0. The van der Waals surface area contributed by atoms with Crippen molar-refractivity contribution < 1.29 is 65.3 Å². The molecule has 0 amide bonds. The molecule has 1 aliphatic rings. The Morgan fingerprint density at radius 1 is 0.361 bits per heavy atom. The van der Waals surface area contributed by atoms with Gasteiger partial charge in [0.1, 0.15) is 0 Å². The minimum atomic E-state index is -3.53. The third-order valence-corrected chi connectivity index (χ3v) is 5.87. The van der Waals surface area contributed by atoms with E-state index in [4.69, 9.17) is 0 Å². The Morgan fingerprint density at radius 2 is 0.611 bits per heavy atom. The van der Waals surface area contributed by atoms with E-state index in [0.717, 1.165) is 0 Å². The normalized spacial score (nSPS) is 13.4. The van der Waals surface area contributed by atoms with Gasteiger partial charge in [-0.2, -0.15) is 13.0 Å². The smallest absolute Gasteiger partial charge is 0.367 e. The first-order chi connectivity index (χ1) is 16.8. The summed E-state index contributed by atoms with van der Waals surface area (Å²) in [5.41, 5.74) is -3.46. The third kappa shape index (κ3) is 2.81. The van der Waals surface area contributed by atoms with Crippen molar-refractivity contribution in [1.29, 1.82) is 0 Å². The van der Waals surface area contributed by atoms with Gasteiger partial charge in [-0.05, 0) is 0 Å². The summed E-state index contributed by atoms with van der Waals surface area (Å²) in [6.45, 7) is 0. The molecular formula is C20F12O3S. The zero-order valence-corrected chi connectivity index (χ0v) is 17.0. The molecule has 0 bridgehead atoms. The first-order valence-electron chi connectivity index (χ1n) is 8.93. The summed E-state index contributed by atoms with van der Waals surface area (Å²) in [6, 6.07) is 0. The van der Waals surface area contributed by atoms with E-state index in [2.05, 4.69) is 8.37 Å². The third-order valence-electron chi connectivity index (χ3n) is 5.26. The van der Waals surface area contributed by atoms with E-state index in [0.29, 0.717) is 0 Å². The van der Waals surface area contributed by atoms with E-state index in [1.807, 2.05) is 0 Å². The Hall–Kier alpha value is -3.69. The Bertz CT molecular complexity index is 1610. The van der Waals surface area contributed by atoms with Crippen LogP contribution in [0.5, 0.6) is 11.5 Å². The molecule has 0 aliphatic carbocycles. The second-order valence-electron chi connectivity index (χ2n) is 7.05. The van der Waals surface area contributed by atoms with Crippen LogP contribution >= 0.6 is 0 Å². The second kappa shape index (κ2) is 7.65. The maximum Gasteiger partial charge on any atom is 0.417 e. The molecule has 36 heavy (non-hydrogen) atoms. The quantitative estimate of drug-likeness (QED) is 0.140. The van der Waals surface area contributed by atoms with E-state index in [1.54, 1.807) is 0 Å². The van der Waals surface area contributed by atoms with Gasteiger partial charge < -0.3 is 8.37 Å². The van der Waals surface area contributed by atoms with Crippen LogP contribution in [0.3, 0.4) is 0 Å². The Balaban J connectivity index is 2.23. The summed E-state index contributed by atoms with van der Waals surface area (Å²) in [4.78, 5) is 0. The molecule has 16 heteroatoms. The lowest BCUT2D eigenvalue weighted by Crippen LogP contribution is -2.10. The van der Waals surface area contributed by atoms with E-state index < -0.39 is 125 Å². The molecule has 0 saturated carbocycles. The molecule has 5 rings (SSSR count). The molecular weight excluding hydrogens is 548 g/mol. The van der Waals surface area contributed by atoms with Crippen molar-refractivity contribution in [3.63, 3.8) is 0 Å². The molecule has 0 spiro atoms. The van der Waals surface area contributed by atoms with Crippen molar-refractivity contribution in [2.24, 2.45) is 0 Å². The predicted molar refractivity (Wildman–Crippen MR) is 95.8 cm³/mol. The molecule has 0 fully saturated rings. The highest BCUT2D eigenvalue weighted by Gasteiger charge is 2.40. The van der Waals surface area contributed by atoms with Crippen LogP contribution in [-0.2, 0) is 11.4 Å². The van der Waals surface area contributed by atoms with Crippen molar-refractivity contribution in [2.45, 2.75) is 0 Å². The molecule has 0 N–H and O–H groups in total. The van der Waals surface area contributed by atoms with Gasteiger partial charge in [0.25, 0.3) is 0 Å². The fourth-order valence-electron chi connectivity index (χ4n) is 3.80. The maximum absolute atomic E-state index is 14.9. The van der Waals surface area contributed by atoms with Gasteiger partial charge in [0.05, 0.1) is 10.8 Å². The van der Waals surface area contributed by atoms with Crippen LogP contribution in [-0.4, -0.2) is 4.21 Å². The molecule has 3 nitrogen and oxygen atoms in total. The lowest BCUT2D eigenvalue weighted by atomic mass is 9.90. The lowest BCUT2D eigenvalue weighted by Gasteiger charge is -2.17. The average Bonchev–Trinajstić information content (AvgIpc) is 2.99.